The van der Waals surface area contributed by atoms with Crippen molar-refractivity contribution in [2.24, 2.45) is 17.4 Å². The van der Waals surface area contributed by atoms with Crippen molar-refractivity contribution in [1.29, 1.82) is 0 Å². The summed E-state index contributed by atoms with van der Waals surface area (Å²) in [5.74, 6) is -0.313. The van der Waals surface area contributed by atoms with E-state index in [2.05, 4.69) is 16.0 Å². The Morgan fingerprint density at radius 1 is 0.925 bits per heavy atom. The van der Waals surface area contributed by atoms with Crippen LogP contribution in [0.15, 0.2) is 48.7 Å². The van der Waals surface area contributed by atoms with Gasteiger partial charge in [-0.1, -0.05) is 30.3 Å². The smallest absolute Gasteiger partial charge is 0.221 e. The van der Waals surface area contributed by atoms with Crippen LogP contribution in [0, 0.1) is 5.92 Å². The van der Waals surface area contributed by atoms with Gasteiger partial charge in [0.15, 0.2) is 0 Å². The van der Waals surface area contributed by atoms with Crippen LogP contribution >= 0.6 is 0 Å². The number of nitrogens with one attached hydrogen (secondary N) is 1. The van der Waals surface area contributed by atoms with Gasteiger partial charge in [-0.2, -0.15) is 0 Å². The van der Waals surface area contributed by atoms with E-state index >= 15 is 0 Å². The van der Waals surface area contributed by atoms with E-state index in [9.17, 15) is 18.0 Å². The number of likely N-dealkylation sites (tertiary alicyclic amines) is 1. The third kappa shape index (κ3) is 6.40. The number of H-pyrrole nitrogens is 1. The van der Waals surface area contributed by atoms with Crippen molar-refractivity contribution in [3.63, 3.8) is 0 Å². The zero-order chi connectivity index (χ0) is 28.3. The number of benzene rings is 2. The van der Waals surface area contributed by atoms with E-state index in [4.69, 9.17) is 11.5 Å². The number of sulfonamides is 1. The van der Waals surface area contributed by atoms with Crippen LogP contribution in [-0.2, 0) is 26.0 Å². The molecule has 0 radical (unpaired) electrons. The number of aromatic nitrogens is 1. The first kappa shape index (κ1) is 28.3. The van der Waals surface area contributed by atoms with E-state index in [0.717, 1.165) is 71.9 Å². The number of amides is 2. The van der Waals surface area contributed by atoms with E-state index < -0.39 is 10.0 Å². The van der Waals surface area contributed by atoms with Gasteiger partial charge in [-0.05, 0) is 92.0 Å². The Hall–Kier alpha value is -3.21. The quantitative estimate of drug-likeness (QED) is 0.346. The third-order valence-corrected chi connectivity index (χ3v) is 10.5. The van der Waals surface area contributed by atoms with Crippen LogP contribution in [0.25, 0.3) is 22.0 Å². The van der Waals surface area contributed by atoms with Crippen LogP contribution in [0.2, 0.25) is 0 Å². The normalized spacial score (nSPS) is 18.3. The average Bonchev–Trinajstić information content (AvgIpc) is 3.38. The van der Waals surface area contributed by atoms with E-state index in [-0.39, 0.29) is 35.8 Å². The van der Waals surface area contributed by atoms with Gasteiger partial charge in [0.1, 0.15) is 0 Å². The molecule has 3 heterocycles. The standard InChI is InChI=1S/C30H39N5O4S/c31-28(36)19-25-17-24(21-5-2-1-3-6-21)18-26-27(20-33-29(25)26)22-9-14-35(15-10-22)40(38,39)16-4-11-34-12-7-23(8-13-34)30(32)37/h1-3,5-6,17-18,20,22-23,33H,4,7-16,19H2,(H2,31,36)(H2,32,37). The van der Waals surface area contributed by atoms with Crippen molar-refractivity contribution in [2.75, 3.05) is 38.5 Å². The number of rotatable bonds is 10. The summed E-state index contributed by atoms with van der Waals surface area (Å²) in [6.45, 7) is 3.29. The number of fused-ring (bicyclic) bond motifs is 1. The third-order valence-electron chi connectivity index (χ3n) is 8.53. The van der Waals surface area contributed by atoms with Gasteiger partial charge in [-0.25, -0.2) is 12.7 Å². The van der Waals surface area contributed by atoms with Crippen molar-refractivity contribution in [3.8, 4) is 11.1 Å². The van der Waals surface area contributed by atoms with E-state index in [0.29, 0.717) is 26.1 Å². The summed E-state index contributed by atoms with van der Waals surface area (Å²) in [5, 5.41) is 1.07. The lowest BCUT2D eigenvalue weighted by Gasteiger charge is -2.32. The number of carbonyl (C=O) groups excluding carboxylic acids is 2. The van der Waals surface area contributed by atoms with Crippen molar-refractivity contribution < 1.29 is 18.0 Å². The molecule has 2 amide bonds. The Balaban J connectivity index is 1.23. The number of hydrogen-bond donors (Lipinski definition) is 3. The van der Waals surface area contributed by atoms with Gasteiger partial charge >= 0.3 is 0 Å². The van der Waals surface area contributed by atoms with Crippen molar-refractivity contribution in [3.05, 3.63) is 59.8 Å². The Labute approximate surface area is 235 Å². The topological polar surface area (TPSA) is 143 Å². The van der Waals surface area contributed by atoms with Gasteiger partial charge in [-0.3, -0.25) is 9.59 Å². The molecule has 0 atom stereocenters. The number of aromatic amines is 1. The van der Waals surface area contributed by atoms with Crippen LogP contribution in [0.5, 0.6) is 0 Å². The van der Waals surface area contributed by atoms with Crippen LogP contribution in [-0.4, -0.2) is 72.9 Å². The number of nitrogens with zero attached hydrogens (tertiary/aromatic N) is 2. The number of piperidine rings is 2. The molecule has 10 heteroatoms. The lowest BCUT2D eigenvalue weighted by molar-refractivity contribution is -0.123. The van der Waals surface area contributed by atoms with Crippen LogP contribution < -0.4 is 11.5 Å². The Morgan fingerprint density at radius 3 is 2.27 bits per heavy atom. The molecule has 40 heavy (non-hydrogen) atoms. The highest BCUT2D eigenvalue weighted by atomic mass is 32.2. The second kappa shape index (κ2) is 12.1. The highest BCUT2D eigenvalue weighted by Gasteiger charge is 2.30. The molecule has 5 rings (SSSR count). The molecule has 0 bridgehead atoms. The second-order valence-corrected chi connectivity index (χ2v) is 13.3. The summed E-state index contributed by atoms with van der Waals surface area (Å²) < 4.78 is 27.9. The summed E-state index contributed by atoms with van der Waals surface area (Å²) in [6, 6.07) is 14.3. The molecule has 2 fully saturated rings. The van der Waals surface area contributed by atoms with Gasteiger partial charge in [0.25, 0.3) is 0 Å². The molecule has 2 aliphatic rings. The first-order valence-electron chi connectivity index (χ1n) is 14.2. The molecule has 0 spiro atoms. The molecule has 9 nitrogen and oxygen atoms in total. The van der Waals surface area contributed by atoms with Crippen LogP contribution in [0.4, 0.5) is 0 Å². The maximum Gasteiger partial charge on any atom is 0.221 e. The molecular formula is C30H39N5O4S. The zero-order valence-electron chi connectivity index (χ0n) is 22.8. The lowest BCUT2D eigenvalue weighted by atomic mass is 9.88. The molecule has 5 N–H and O–H groups in total. The first-order valence-corrected chi connectivity index (χ1v) is 15.8. The molecule has 0 aliphatic carbocycles. The predicted octanol–water partition coefficient (Wildman–Crippen LogP) is 2.96. The van der Waals surface area contributed by atoms with Crippen LogP contribution in [0.1, 0.15) is 49.1 Å². The van der Waals surface area contributed by atoms with Gasteiger partial charge in [-0.15, -0.1) is 0 Å². The molecule has 2 aliphatic heterocycles. The number of hydrogen-bond acceptors (Lipinski definition) is 5. The minimum atomic E-state index is -3.33. The van der Waals surface area contributed by atoms with Gasteiger partial charge in [0, 0.05) is 36.1 Å². The maximum absolute atomic E-state index is 13.1. The molecule has 0 unspecified atom stereocenters. The average molecular weight is 566 g/mol. The summed E-state index contributed by atoms with van der Waals surface area (Å²) in [5.41, 5.74) is 16.0. The second-order valence-electron chi connectivity index (χ2n) is 11.2. The van der Waals surface area contributed by atoms with Crippen molar-refractivity contribution in [1.82, 2.24) is 14.2 Å². The maximum atomic E-state index is 13.1. The lowest BCUT2D eigenvalue weighted by Crippen LogP contribution is -2.41. The monoisotopic (exact) mass is 565 g/mol. The fourth-order valence-corrected chi connectivity index (χ4v) is 7.80. The largest absolute Gasteiger partial charge is 0.369 e. The SMILES string of the molecule is NC(=O)Cc1cc(-c2ccccc2)cc2c(C3CCN(S(=O)(=O)CCCN4CCC(C(N)=O)CC4)CC3)c[nH]c12. The van der Waals surface area contributed by atoms with Gasteiger partial charge < -0.3 is 21.4 Å². The van der Waals surface area contributed by atoms with Gasteiger partial charge in [0.05, 0.1) is 12.2 Å². The van der Waals surface area contributed by atoms with Crippen LogP contribution in [0.3, 0.4) is 0 Å². The summed E-state index contributed by atoms with van der Waals surface area (Å²) in [4.78, 5) is 28.8. The molecule has 2 saturated heterocycles. The molecule has 3 aromatic rings. The van der Waals surface area contributed by atoms with Crippen molar-refractivity contribution in [2.45, 2.75) is 44.4 Å². The summed E-state index contributed by atoms with van der Waals surface area (Å²) in [6.07, 6.45) is 5.73. The highest BCUT2D eigenvalue weighted by Crippen LogP contribution is 2.37. The first-order chi connectivity index (χ1) is 19.2. The van der Waals surface area contributed by atoms with Gasteiger partial charge in [0.2, 0.25) is 21.8 Å². The predicted molar refractivity (Wildman–Crippen MR) is 157 cm³/mol. The Bertz CT molecular complexity index is 1450. The minimum absolute atomic E-state index is 0.0573. The van der Waals surface area contributed by atoms with E-state index in [1.807, 2.05) is 42.6 Å². The summed E-state index contributed by atoms with van der Waals surface area (Å²) in [7, 11) is -3.33. The van der Waals surface area contributed by atoms with Crippen molar-refractivity contribution >= 4 is 32.7 Å². The minimum Gasteiger partial charge on any atom is -0.369 e. The molecular weight excluding hydrogens is 526 g/mol. The highest BCUT2D eigenvalue weighted by molar-refractivity contribution is 7.89. The van der Waals surface area contributed by atoms with E-state index in [1.54, 1.807) is 4.31 Å². The Morgan fingerprint density at radius 2 is 1.62 bits per heavy atom. The molecule has 1 aromatic heterocycles. The number of carbonyl (C=O) groups is 2. The molecule has 214 valence electrons. The fourth-order valence-electron chi connectivity index (χ4n) is 6.28. The number of primary amides is 2. The van der Waals surface area contributed by atoms with E-state index in [1.165, 1.54) is 0 Å². The summed E-state index contributed by atoms with van der Waals surface area (Å²) >= 11 is 0. The number of nitrogens with two attached hydrogens (primary N) is 2. The zero-order valence-corrected chi connectivity index (χ0v) is 23.7. The molecule has 2 aromatic carbocycles. The molecule has 0 saturated carbocycles. The Kier molecular flexibility index (Phi) is 8.58. The fraction of sp³-hybridized carbons (Fsp3) is 0.467.